The Hall–Kier alpha value is -6.99. The number of hydrogen-bond donors (Lipinski definition) is 4. The number of rotatable bonds is 13. The molecule has 55 heavy (non-hydrogen) atoms. The van der Waals surface area contributed by atoms with Gasteiger partial charge in [-0.05, 0) is 72.3 Å². The zero-order valence-corrected chi connectivity index (χ0v) is 29.9. The van der Waals surface area contributed by atoms with E-state index in [-0.39, 0.29) is 19.1 Å². The minimum absolute atomic E-state index is 0.128. The summed E-state index contributed by atoms with van der Waals surface area (Å²) >= 11 is 0. The maximum Gasteiger partial charge on any atom is 0.277 e. The Balaban J connectivity index is 0.942. The van der Waals surface area contributed by atoms with Gasteiger partial charge in [-0.15, -0.1) is 0 Å². The highest BCUT2D eigenvalue weighted by atomic mass is 16.5. The van der Waals surface area contributed by atoms with Crippen molar-refractivity contribution in [1.29, 1.82) is 0 Å². The fraction of sp³-hybridized carbons (Fsp3) is 0.167. The second-order valence-electron chi connectivity index (χ2n) is 13.0. The van der Waals surface area contributed by atoms with E-state index in [0.29, 0.717) is 41.7 Å². The monoisotopic (exact) mass is 735 g/mol. The van der Waals surface area contributed by atoms with Gasteiger partial charge in [-0.25, -0.2) is 10.9 Å². The Morgan fingerprint density at radius 1 is 0.909 bits per heavy atom. The van der Waals surface area contributed by atoms with Crippen LogP contribution < -0.4 is 20.3 Å². The van der Waals surface area contributed by atoms with Crippen molar-refractivity contribution in [2.24, 2.45) is 10.2 Å². The number of carbonyl (C=O) groups excluding carboxylic acids is 2. The average molecular weight is 736 g/mol. The second-order valence-corrected chi connectivity index (χ2v) is 13.0. The summed E-state index contributed by atoms with van der Waals surface area (Å²) in [6, 6.07) is 24.9. The smallest absolute Gasteiger partial charge is 0.277 e. The van der Waals surface area contributed by atoms with Crippen LogP contribution in [0, 0.1) is 6.92 Å². The molecule has 1 atom stereocenters. The molecule has 4 aromatic heterocycles. The molecule has 1 aliphatic rings. The van der Waals surface area contributed by atoms with Crippen molar-refractivity contribution in [3.05, 3.63) is 126 Å². The number of nitrogens with zero attached hydrogens (tertiary/aromatic N) is 3. The van der Waals surface area contributed by atoms with Crippen LogP contribution in [0.5, 0.6) is 11.5 Å². The molecule has 13 heteroatoms. The highest BCUT2D eigenvalue weighted by Crippen LogP contribution is 2.41. The van der Waals surface area contributed by atoms with E-state index in [9.17, 15) is 9.59 Å². The van der Waals surface area contributed by atoms with Gasteiger partial charge in [-0.3, -0.25) is 14.6 Å². The molecular weight excluding hydrogens is 699 g/mol. The number of carbonyl (C=O) groups is 2. The summed E-state index contributed by atoms with van der Waals surface area (Å²) in [6.45, 7) is 2.65. The first-order valence-electron chi connectivity index (χ1n) is 17.8. The third-order valence-electron chi connectivity index (χ3n) is 9.42. The molecule has 1 unspecified atom stereocenters. The molecule has 13 nitrogen and oxygen atoms in total. The highest BCUT2D eigenvalue weighted by molar-refractivity contribution is 5.99. The van der Waals surface area contributed by atoms with Gasteiger partial charge in [0.05, 0.1) is 19.0 Å². The van der Waals surface area contributed by atoms with E-state index >= 15 is 0 Å². The lowest BCUT2D eigenvalue weighted by Crippen LogP contribution is -2.25. The molecule has 2 amide bonds. The molecule has 1 saturated heterocycles. The highest BCUT2D eigenvalue weighted by Gasteiger charge is 2.25. The number of nitrogens with one attached hydrogen (secondary N) is 4. The zero-order chi connectivity index (χ0) is 37.6. The molecule has 0 saturated carbocycles. The van der Waals surface area contributed by atoms with Crippen LogP contribution in [0.15, 0.2) is 118 Å². The molecule has 5 heterocycles. The van der Waals surface area contributed by atoms with E-state index in [0.717, 1.165) is 56.0 Å². The van der Waals surface area contributed by atoms with E-state index < -0.39 is 11.8 Å². The van der Waals surface area contributed by atoms with Crippen LogP contribution in [-0.2, 0) is 14.3 Å². The molecule has 8 rings (SSSR count). The van der Waals surface area contributed by atoms with Crippen molar-refractivity contribution in [2.75, 3.05) is 26.4 Å². The maximum atomic E-state index is 12.9. The number of aromatic amines is 2. The van der Waals surface area contributed by atoms with Gasteiger partial charge in [-0.1, -0.05) is 36.4 Å². The summed E-state index contributed by atoms with van der Waals surface area (Å²) in [5.41, 5.74) is 12.5. The predicted octanol–water partition coefficient (Wildman–Crippen LogP) is 6.84. The minimum atomic E-state index is -0.425. The van der Waals surface area contributed by atoms with Gasteiger partial charge in [0.2, 0.25) is 0 Å². The molecule has 0 bridgehead atoms. The van der Waals surface area contributed by atoms with Gasteiger partial charge in [0.1, 0.15) is 29.2 Å². The van der Waals surface area contributed by atoms with E-state index in [1.54, 1.807) is 37.0 Å². The van der Waals surface area contributed by atoms with Crippen molar-refractivity contribution < 1.29 is 28.2 Å². The zero-order valence-electron chi connectivity index (χ0n) is 29.9. The molecule has 1 aliphatic heterocycles. The first-order chi connectivity index (χ1) is 27.0. The summed E-state index contributed by atoms with van der Waals surface area (Å²) < 4.78 is 23.9. The first kappa shape index (κ1) is 35.1. The topological polar surface area (TPSA) is 168 Å². The van der Waals surface area contributed by atoms with Crippen LogP contribution in [0.2, 0.25) is 0 Å². The number of aromatic nitrogens is 3. The summed E-state index contributed by atoms with van der Waals surface area (Å²) in [4.78, 5) is 36.3. The number of ether oxygens (including phenoxy) is 3. The Morgan fingerprint density at radius 2 is 1.75 bits per heavy atom. The van der Waals surface area contributed by atoms with Gasteiger partial charge in [-0.2, -0.15) is 10.2 Å². The molecule has 0 radical (unpaired) electrons. The van der Waals surface area contributed by atoms with E-state index in [1.807, 2.05) is 86.0 Å². The third-order valence-corrected chi connectivity index (χ3v) is 9.42. The maximum absolute atomic E-state index is 12.9. The average Bonchev–Trinajstić information content (AvgIpc) is 4.05. The Morgan fingerprint density at radius 3 is 2.62 bits per heavy atom. The van der Waals surface area contributed by atoms with Crippen molar-refractivity contribution in [3.63, 3.8) is 0 Å². The summed E-state index contributed by atoms with van der Waals surface area (Å²) in [5, 5.41) is 10.3. The molecule has 4 N–H and O–H groups in total. The number of H-pyrrole nitrogens is 2. The van der Waals surface area contributed by atoms with Crippen LogP contribution in [0.4, 0.5) is 0 Å². The predicted molar refractivity (Wildman–Crippen MR) is 209 cm³/mol. The summed E-state index contributed by atoms with van der Waals surface area (Å²) in [5.74, 6) is 0.882. The lowest BCUT2D eigenvalue weighted by Gasteiger charge is -2.19. The van der Waals surface area contributed by atoms with Gasteiger partial charge in [0, 0.05) is 69.8 Å². The van der Waals surface area contributed by atoms with Crippen molar-refractivity contribution in [3.8, 4) is 34.1 Å². The van der Waals surface area contributed by atoms with Crippen LogP contribution in [0.1, 0.15) is 34.6 Å². The van der Waals surface area contributed by atoms with E-state index in [4.69, 9.17) is 18.6 Å². The number of furan rings is 1. The minimum Gasteiger partial charge on any atom is -0.483 e. The largest absolute Gasteiger partial charge is 0.483 e. The molecule has 3 aromatic carbocycles. The van der Waals surface area contributed by atoms with Gasteiger partial charge < -0.3 is 28.6 Å². The molecular formula is C42H37N7O6. The number of hydrazone groups is 2. The van der Waals surface area contributed by atoms with Crippen molar-refractivity contribution >= 4 is 46.0 Å². The second kappa shape index (κ2) is 15.9. The fourth-order valence-electron chi connectivity index (χ4n) is 6.66. The number of pyridine rings is 1. The third kappa shape index (κ3) is 7.87. The standard InChI is InChI=1S/C42H37N7O6/c1-26-32(9-10-34(30-13-17-52-22-30)42(26)55-25-40(51)49-47-21-29-4-2-5-35-33(29)12-16-43-35)38-19-31(23-53-38)41-37(6-3-14-45-41)54-24-39(50)48-46-20-27-7-8-28-11-15-44-36(28)18-27/h2-12,14-16,18-21,23,30,43-44H,13,17,22,24-25H2,1H3,(H,48,50)(H,49,51). The lowest BCUT2D eigenvalue weighted by atomic mass is 9.92. The SMILES string of the molecule is Cc1c(-c2cc(-c3ncccc3OCC(=O)NN=Cc3ccc4cc[nH]c4c3)co2)ccc(C2CCOC2)c1OCC(=O)NN=Cc1cccc2[nH]ccc12. The first-order valence-corrected chi connectivity index (χ1v) is 17.8. The molecule has 7 aromatic rings. The van der Waals surface area contributed by atoms with Gasteiger partial charge >= 0.3 is 0 Å². The van der Waals surface area contributed by atoms with Crippen LogP contribution >= 0.6 is 0 Å². The van der Waals surface area contributed by atoms with Gasteiger partial charge in [0.25, 0.3) is 11.8 Å². The molecule has 1 fully saturated rings. The van der Waals surface area contributed by atoms with Crippen LogP contribution in [0.3, 0.4) is 0 Å². The Bertz CT molecular complexity index is 2540. The molecule has 0 aliphatic carbocycles. The Kier molecular flexibility index (Phi) is 10.2. The van der Waals surface area contributed by atoms with Crippen molar-refractivity contribution in [1.82, 2.24) is 25.8 Å². The lowest BCUT2D eigenvalue weighted by molar-refractivity contribution is -0.123. The number of amides is 2. The molecule has 276 valence electrons. The number of fused-ring (bicyclic) bond motifs is 2. The summed E-state index contributed by atoms with van der Waals surface area (Å²) in [6.07, 6.45) is 11.0. The van der Waals surface area contributed by atoms with E-state index in [2.05, 4.69) is 36.0 Å². The normalized spacial score (nSPS) is 14.3. The quantitative estimate of drug-likeness (QED) is 0.0743. The molecule has 0 spiro atoms. The fourth-order valence-corrected chi connectivity index (χ4v) is 6.66. The number of benzene rings is 3. The van der Waals surface area contributed by atoms with E-state index in [1.165, 1.54) is 0 Å². The van der Waals surface area contributed by atoms with Crippen LogP contribution in [0.25, 0.3) is 44.4 Å². The van der Waals surface area contributed by atoms with Gasteiger partial charge in [0.15, 0.2) is 13.2 Å². The van der Waals surface area contributed by atoms with Crippen molar-refractivity contribution in [2.45, 2.75) is 19.3 Å². The number of hydrogen-bond acceptors (Lipinski definition) is 9. The van der Waals surface area contributed by atoms with Crippen LogP contribution in [-0.4, -0.2) is 65.6 Å². The Labute approximate surface area is 315 Å². The summed E-state index contributed by atoms with van der Waals surface area (Å²) in [7, 11) is 0.